The van der Waals surface area contributed by atoms with Gasteiger partial charge in [0.25, 0.3) is 0 Å². The van der Waals surface area contributed by atoms with Crippen LogP contribution in [0.1, 0.15) is 5.56 Å². The number of hydrogen-bond acceptors (Lipinski definition) is 1. The molecule has 0 saturated heterocycles. The maximum Gasteiger partial charge on any atom is 0.323 e. The Kier molecular flexibility index (Phi) is 4.17. The average molecular weight is 397 g/mol. The topological polar surface area (TPSA) is 42.2 Å². The minimum absolute atomic E-state index is 0.225. The molecule has 3 aromatic rings. The number of aliphatic carboxylic acids is 1. The molecule has 1 aromatic heterocycles. The third-order valence-electron chi connectivity index (χ3n) is 3.76. The van der Waals surface area contributed by atoms with Crippen LogP contribution in [0, 0.1) is 12.7 Å². The lowest BCUT2D eigenvalue weighted by Gasteiger charge is -2.11. The maximum absolute atomic E-state index is 13.6. The first-order valence-corrected chi connectivity index (χ1v) is 8.01. The lowest BCUT2D eigenvalue weighted by atomic mass is 10.1. The van der Waals surface area contributed by atoms with Crippen LogP contribution in [0.3, 0.4) is 0 Å². The van der Waals surface area contributed by atoms with E-state index >= 15 is 0 Å². The zero-order valence-corrected chi connectivity index (χ0v) is 14.4. The van der Waals surface area contributed by atoms with Crippen LogP contribution in [0.2, 0.25) is 5.02 Å². The van der Waals surface area contributed by atoms with Gasteiger partial charge in [0.15, 0.2) is 0 Å². The molecule has 0 atom stereocenters. The van der Waals surface area contributed by atoms with Crippen molar-refractivity contribution >= 4 is 44.4 Å². The van der Waals surface area contributed by atoms with Gasteiger partial charge in [-0.15, -0.1) is 0 Å². The van der Waals surface area contributed by atoms with Gasteiger partial charge in [0.2, 0.25) is 0 Å². The number of aryl methyl sites for hydroxylation is 1. The largest absolute Gasteiger partial charge is 0.480 e. The minimum Gasteiger partial charge on any atom is -0.480 e. The highest BCUT2D eigenvalue weighted by atomic mass is 79.9. The van der Waals surface area contributed by atoms with Crippen LogP contribution in [0.15, 0.2) is 40.9 Å². The Morgan fingerprint density at radius 3 is 2.70 bits per heavy atom. The van der Waals surface area contributed by atoms with Crippen molar-refractivity contribution in [2.75, 3.05) is 0 Å². The number of carbonyl (C=O) groups is 1. The summed E-state index contributed by atoms with van der Waals surface area (Å²) >= 11 is 9.69. The molecule has 0 fully saturated rings. The van der Waals surface area contributed by atoms with Crippen molar-refractivity contribution in [2.24, 2.45) is 0 Å². The van der Waals surface area contributed by atoms with Gasteiger partial charge in [-0.25, -0.2) is 4.39 Å². The Morgan fingerprint density at radius 1 is 1.30 bits per heavy atom. The Hall–Kier alpha value is -1.85. The molecule has 0 bridgehead atoms. The fourth-order valence-corrected chi connectivity index (χ4v) is 3.59. The smallest absolute Gasteiger partial charge is 0.323 e. The van der Waals surface area contributed by atoms with Gasteiger partial charge in [0.1, 0.15) is 12.4 Å². The fraction of sp³-hybridized carbons (Fsp3) is 0.118. The highest BCUT2D eigenvalue weighted by molar-refractivity contribution is 9.10. The van der Waals surface area contributed by atoms with Crippen molar-refractivity contribution in [1.82, 2.24) is 4.57 Å². The average Bonchev–Trinajstić information content (AvgIpc) is 2.72. The number of carboxylic acid groups (broad SMARTS) is 1. The summed E-state index contributed by atoms with van der Waals surface area (Å²) in [4.78, 5) is 11.3. The van der Waals surface area contributed by atoms with Crippen molar-refractivity contribution in [3.05, 3.63) is 57.3 Å². The summed E-state index contributed by atoms with van der Waals surface area (Å²) in [6.45, 7) is 1.62. The third-order valence-corrected chi connectivity index (χ3v) is 4.56. The molecule has 2 aromatic carbocycles. The molecule has 0 spiro atoms. The second kappa shape index (κ2) is 5.98. The van der Waals surface area contributed by atoms with E-state index in [1.807, 2.05) is 19.1 Å². The van der Waals surface area contributed by atoms with E-state index in [4.69, 9.17) is 11.6 Å². The summed E-state index contributed by atoms with van der Waals surface area (Å²) in [6, 6.07) is 9.75. The summed E-state index contributed by atoms with van der Waals surface area (Å²) in [6.07, 6.45) is 0. The van der Waals surface area contributed by atoms with E-state index in [1.54, 1.807) is 16.7 Å². The van der Waals surface area contributed by atoms with E-state index in [0.29, 0.717) is 27.2 Å². The van der Waals surface area contributed by atoms with Crippen molar-refractivity contribution in [3.63, 3.8) is 0 Å². The molecule has 6 heteroatoms. The minimum atomic E-state index is -0.972. The molecular weight excluding hydrogens is 385 g/mol. The summed E-state index contributed by atoms with van der Waals surface area (Å²) < 4.78 is 16.1. The fourth-order valence-electron chi connectivity index (χ4n) is 2.82. The molecule has 0 aliphatic carbocycles. The first kappa shape index (κ1) is 16.0. The van der Waals surface area contributed by atoms with Crippen LogP contribution in [-0.2, 0) is 11.3 Å². The number of rotatable bonds is 3. The van der Waals surface area contributed by atoms with E-state index in [0.717, 1.165) is 10.0 Å². The van der Waals surface area contributed by atoms with Crippen molar-refractivity contribution in [3.8, 4) is 11.3 Å². The molecule has 0 radical (unpaired) electrons. The summed E-state index contributed by atoms with van der Waals surface area (Å²) in [5, 5.41) is 10.4. The number of carboxylic acids is 1. The number of benzene rings is 2. The summed E-state index contributed by atoms with van der Waals surface area (Å²) in [5.41, 5.74) is 2.86. The van der Waals surface area contributed by atoms with Crippen molar-refractivity contribution < 1.29 is 14.3 Å². The Bertz CT molecular complexity index is 936. The standard InChI is InChI=1S/C17H12BrClFNO2/c1-9-13-7-11(20)3-5-15(13)21(8-16(22)23)17(9)12-4-2-10(18)6-14(12)19/h2-7H,8H2,1H3,(H,22,23). The van der Waals surface area contributed by atoms with Crippen LogP contribution in [0.25, 0.3) is 22.2 Å². The van der Waals surface area contributed by atoms with Crippen LogP contribution in [0.5, 0.6) is 0 Å². The molecule has 0 amide bonds. The first-order valence-electron chi connectivity index (χ1n) is 6.84. The van der Waals surface area contributed by atoms with Gasteiger partial charge >= 0.3 is 5.97 Å². The molecular formula is C17H12BrClFNO2. The second-order valence-electron chi connectivity index (χ2n) is 5.24. The summed E-state index contributed by atoms with van der Waals surface area (Å²) in [5.74, 6) is -1.33. The molecule has 0 aliphatic heterocycles. The zero-order chi connectivity index (χ0) is 16.7. The molecule has 3 nitrogen and oxygen atoms in total. The Balaban J connectivity index is 2.38. The molecule has 3 rings (SSSR count). The number of fused-ring (bicyclic) bond motifs is 1. The maximum atomic E-state index is 13.6. The molecule has 23 heavy (non-hydrogen) atoms. The van der Waals surface area contributed by atoms with E-state index in [1.165, 1.54) is 12.1 Å². The Morgan fingerprint density at radius 2 is 2.04 bits per heavy atom. The van der Waals surface area contributed by atoms with E-state index in [2.05, 4.69) is 15.9 Å². The van der Waals surface area contributed by atoms with Crippen molar-refractivity contribution in [2.45, 2.75) is 13.5 Å². The summed E-state index contributed by atoms with van der Waals surface area (Å²) in [7, 11) is 0. The first-order chi connectivity index (χ1) is 10.9. The Labute approximate surface area is 145 Å². The van der Waals surface area contributed by atoms with Gasteiger partial charge < -0.3 is 9.67 Å². The monoisotopic (exact) mass is 395 g/mol. The van der Waals surface area contributed by atoms with Gasteiger partial charge in [-0.1, -0.05) is 33.6 Å². The molecule has 0 saturated carbocycles. The van der Waals surface area contributed by atoms with Gasteiger partial charge in [0.05, 0.1) is 10.7 Å². The normalized spacial score (nSPS) is 11.1. The highest BCUT2D eigenvalue weighted by Crippen LogP contribution is 2.38. The number of halogens is 3. The molecule has 1 heterocycles. The van der Waals surface area contributed by atoms with E-state index < -0.39 is 5.97 Å². The van der Waals surface area contributed by atoms with Crippen LogP contribution >= 0.6 is 27.5 Å². The van der Waals surface area contributed by atoms with E-state index in [-0.39, 0.29) is 12.4 Å². The van der Waals surface area contributed by atoms with E-state index in [9.17, 15) is 14.3 Å². The van der Waals surface area contributed by atoms with Crippen LogP contribution < -0.4 is 0 Å². The second-order valence-corrected chi connectivity index (χ2v) is 6.56. The molecule has 0 aliphatic rings. The third kappa shape index (κ3) is 2.86. The van der Waals surface area contributed by atoms with Crippen LogP contribution in [0.4, 0.5) is 4.39 Å². The molecule has 1 N–H and O–H groups in total. The predicted octanol–water partition coefficient (Wildman–Crippen LogP) is 5.26. The van der Waals surface area contributed by atoms with Gasteiger partial charge in [0, 0.05) is 20.9 Å². The number of nitrogens with zero attached hydrogens (tertiary/aromatic N) is 1. The van der Waals surface area contributed by atoms with Gasteiger partial charge in [-0.2, -0.15) is 0 Å². The lowest BCUT2D eigenvalue weighted by Crippen LogP contribution is -2.10. The predicted molar refractivity (Wildman–Crippen MR) is 92.4 cm³/mol. The number of aromatic nitrogens is 1. The zero-order valence-electron chi connectivity index (χ0n) is 12.1. The van der Waals surface area contributed by atoms with Gasteiger partial charge in [-0.05, 0) is 42.8 Å². The molecule has 118 valence electrons. The highest BCUT2D eigenvalue weighted by Gasteiger charge is 2.19. The number of hydrogen-bond donors (Lipinski definition) is 1. The quantitative estimate of drug-likeness (QED) is 0.656. The lowest BCUT2D eigenvalue weighted by molar-refractivity contribution is -0.137. The van der Waals surface area contributed by atoms with Gasteiger partial charge in [-0.3, -0.25) is 4.79 Å². The van der Waals surface area contributed by atoms with Crippen molar-refractivity contribution in [1.29, 1.82) is 0 Å². The molecule has 0 unspecified atom stereocenters. The van der Waals surface area contributed by atoms with Crippen LogP contribution in [-0.4, -0.2) is 15.6 Å². The SMILES string of the molecule is Cc1c(-c2ccc(Br)cc2Cl)n(CC(=O)O)c2ccc(F)cc12.